The van der Waals surface area contributed by atoms with Gasteiger partial charge in [-0.05, 0) is 121 Å². The molecule has 4 rings (SSSR count). The molecular formula is C40H57N3O4. The minimum Gasteiger partial charge on any atom is -0.488 e. The zero-order valence-electron chi connectivity index (χ0n) is 29.8. The van der Waals surface area contributed by atoms with Crippen LogP contribution < -0.4 is 4.74 Å². The van der Waals surface area contributed by atoms with E-state index < -0.39 is 0 Å². The van der Waals surface area contributed by atoms with Gasteiger partial charge >= 0.3 is 0 Å². The van der Waals surface area contributed by atoms with Crippen molar-refractivity contribution in [2.24, 2.45) is 5.92 Å². The Morgan fingerprint density at radius 3 is 2.68 bits per heavy atom. The lowest BCUT2D eigenvalue weighted by Gasteiger charge is -2.31. The van der Waals surface area contributed by atoms with Crippen LogP contribution in [-0.2, 0) is 9.47 Å². The first-order valence-corrected chi connectivity index (χ1v) is 17.7. The molecule has 47 heavy (non-hydrogen) atoms. The van der Waals surface area contributed by atoms with Crippen molar-refractivity contribution in [1.29, 1.82) is 0 Å². The Labute approximate surface area is 283 Å². The number of carbonyl (C=O) groups is 1. The van der Waals surface area contributed by atoms with E-state index >= 15 is 0 Å². The van der Waals surface area contributed by atoms with E-state index in [0.717, 1.165) is 80.9 Å². The van der Waals surface area contributed by atoms with Gasteiger partial charge in [-0.1, -0.05) is 49.5 Å². The first kappa shape index (κ1) is 36.4. The molecule has 256 valence electrons. The number of hydrogen-bond acceptors (Lipinski definition) is 6. The van der Waals surface area contributed by atoms with Gasteiger partial charge in [-0.2, -0.15) is 5.10 Å². The minimum atomic E-state index is -0.0696. The summed E-state index contributed by atoms with van der Waals surface area (Å²) in [4.78, 5) is 14.7. The maximum atomic E-state index is 12.0. The van der Waals surface area contributed by atoms with Crippen molar-refractivity contribution in [2.75, 3.05) is 39.5 Å². The van der Waals surface area contributed by atoms with E-state index in [9.17, 15) is 4.79 Å². The predicted molar refractivity (Wildman–Crippen MR) is 192 cm³/mol. The fraction of sp³-hybridized carbons (Fsp3) is 0.550. The van der Waals surface area contributed by atoms with Crippen molar-refractivity contribution < 1.29 is 19.0 Å². The maximum Gasteiger partial charge on any atom is 0.227 e. The van der Waals surface area contributed by atoms with Crippen LogP contribution >= 0.6 is 0 Å². The zero-order valence-corrected chi connectivity index (χ0v) is 29.8. The number of rotatable bonds is 12. The van der Waals surface area contributed by atoms with Gasteiger partial charge in [-0.3, -0.25) is 4.79 Å². The molecule has 2 aliphatic heterocycles. The quantitative estimate of drug-likeness (QED) is 0.167. The number of hydrogen-bond donors (Lipinski definition) is 0. The van der Waals surface area contributed by atoms with Gasteiger partial charge < -0.3 is 19.1 Å². The van der Waals surface area contributed by atoms with E-state index in [1.165, 1.54) is 42.9 Å². The van der Waals surface area contributed by atoms with Gasteiger partial charge in [0, 0.05) is 31.0 Å². The van der Waals surface area contributed by atoms with Crippen LogP contribution in [0.2, 0.25) is 0 Å². The minimum absolute atomic E-state index is 0.0696. The monoisotopic (exact) mass is 643 g/mol. The SMILES string of the molecule is C=C(/C=C\C=C(/C)n1ncc(C(C)=O)c1OCC)C1=CCCCC(C)=C1OCC1=C(C)CCCN(C[C@@H]2CCCCO2)CC(C)C=C1. The van der Waals surface area contributed by atoms with Gasteiger partial charge in [0.15, 0.2) is 5.78 Å². The molecular weight excluding hydrogens is 586 g/mol. The van der Waals surface area contributed by atoms with Crippen molar-refractivity contribution >= 4 is 11.5 Å². The van der Waals surface area contributed by atoms with E-state index in [0.29, 0.717) is 36.7 Å². The highest BCUT2D eigenvalue weighted by molar-refractivity contribution is 5.96. The van der Waals surface area contributed by atoms with Crippen molar-refractivity contribution in [3.63, 3.8) is 0 Å². The molecule has 3 heterocycles. The first-order chi connectivity index (χ1) is 22.7. The maximum absolute atomic E-state index is 12.0. The summed E-state index contributed by atoms with van der Waals surface area (Å²) >= 11 is 0. The molecule has 0 N–H and O–H groups in total. The lowest BCUT2D eigenvalue weighted by Crippen LogP contribution is -2.38. The molecule has 1 aromatic heterocycles. The summed E-state index contributed by atoms with van der Waals surface area (Å²) in [5, 5.41) is 4.40. The van der Waals surface area contributed by atoms with E-state index in [1.54, 1.807) is 10.9 Å². The lowest BCUT2D eigenvalue weighted by atomic mass is 9.99. The molecule has 7 heteroatoms. The molecule has 1 aromatic rings. The van der Waals surface area contributed by atoms with Gasteiger partial charge in [-0.25, -0.2) is 4.68 Å². The number of carbonyl (C=O) groups excluding carboxylic acids is 1. The fourth-order valence-corrected chi connectivity index (χ4v) is 6.53. The summed E-state index contributed by atoms with van der Waals surface area (Å²) in [6.45, 7) is 21.7. The number of nitrogens with zero attached hydrogens (tertiary/aromatic N) is 3. The van der Waals surface area contributed by atoms with E-state index in [-0.39, 0.29) is 5.78 Å². The average molecular weight is 644 g/mol. The fourth-order valence-electron chi connectivity index (χ4n) is 6.53. The molecule has 0 radical (unpaired) electrons. The molecule has 1 aliphatic carbocycles. The molecule has 2 atom stereocenters. The molecule has 0 spiro atoms. The number of allylic oxidation sites excluding steroid dienone is 8. The van der Waals surface area contributed by atoms with E-state index in [4.69, 9.17) is 14.2 Å². The number of ether oxygens (including phenoxy) is 3. The molecule has 0 saturated carbocycles. The van der Waals surface area contributed by atoms with Crippen molar-refractivity contribution in [3.8, 4) is 5.88 Å². The Bertz CT molecular complexity index is 1430. The number of ketones is 1. The first-order valence-electron chi connectivity index (χ1n) is 17.7. The summed E-state index contributed by atoms with van der Waals surface area (Å²) in [7, 11) is 0. The standard InChI is InChI=1S/C40H57N3O4/c1-8-45-40-38(34(7)44)25-41-43(40)33(6)18-13-16-31(4)37-20-10-9-15-32(5)39(37)47-28-35-22-21-29(2)26-42(23-14-17-30(35)3)27-36-19-11-12-24-46-36/h13,16,18,20-22,25,29,36H,4,8-12,14-15,17,19,23-24,26-28H2,1-3,5-7H3/b16-13-,22-21?,33-18+,35-30?/t29?,36-/m0/s1. The average Bonchev–Trinajstić information content (AvgIpc) is 3.38. The topological polar surface area (TPSA) is 65.8 Å². The molecule has 3 aliphatic rings. The van der Waals surface area contributed by atoms with Gasteiger partial charge in [0.1, 0.15) is 12.4 Å². The van der Waals surface area contributed by atoms with E-state index in [2.05, 4.69) is 55.6 Å². The summed E-state index contributed by atoms with van der Waals surface area (Å²) in [5.74, 6) is 1.81. The second kappa shape index (κ2) is 18.2. The third-order valence-corrected chi connectivity index (χ3v) is 9.29. The molecule has 7 nitrogen and oxygen atoms in total. The second-order valence-electron chi connectivity index (χ2n) is 13.4. The Hall–Kier alpha value is -3.42. The predicted octanol–water partition coefficient (Wildman–Crippen LogP) is 9.03. The molecule has 0 aromatic carbocycles. The van der Waals surface area contributed by atoms with Crippen LogP contribution in [0.3, 0.4) is 0 Å². The Morgan fingerprint density at radius 1 is 1.13 bits per heavy atom. The zero-order chi connectivity index (χ0) is 33.8. The number of Topliss-reactive ketones (excluding diaryl/α,β-unsaturated/α-hetero) is 1. The summed E-state index contributed by atoms with van der Waals surface area (Å²) in [6, 6.07) is 0. The summed E-state index contributed by atoms with van der Waals surface area (Å²) < 4.78 is 20.2. The van der Waals surface area contributed by atoms with Crippen LogP contribution in [-0.4, -0.2) is 66.0 Å². The molecule has 0 amide bonds. The summed E-state index contributed by atoms with van der Waals surface area (Å²) in [5.41, 5.74) is 7.23. The molecule has 1 fully saturated rings. The van der Waals surface area contributed by atoms with E-state index in [1.807, 2.05) is 32.1 Å². The Morgan fingerprint density at radius 2 is 1.94 bits per heavy atom. The van der Waals surface area contributed by atoms with Crippen LogP contribution in [0.4, 0.5) is 0 Å². The van der Waals surface area contributed by atoms with Crippen molar-refractivity contribution in [3.05, 3.63) is 88.4 Å². The van der Waals surface area contributed by atoms with Crippen LogP contribution in [0.1, 0.15) is 103 Å². The third-order valence-electron chi connectivity index (χ3n) is 9.29. The van der Waals surface area contributed by atoms with Crippen LogP contribution in [0.25, 0.3) is 5.70 Å². The molecule has 1 unspecified atom stereocenters. The summed E-state index contributed by atoms with van der Waals surface area (Å²) in [6.07, 6.45) is 23.8. The molecule has 1 saturated heterocycles. The largest absolute Gasteiger partial charge is 0.488 e. The number of aromatic nitrogens is 2. The normalized spacial score (nSPS) is 22.3. The Balaban J connectivity index is 1.43. The third kappa shape index (κ3) is 10.5. The smallest absolute Gasteiger partial charge is 0.227 e. The highest BCUT2D eigenvalue weighted by Crippen LogP contribution is 2.31. The molecule has 0 bridgehead atoms. The van der Waals surface area contributed by atoms with Gasteiger partial charge in [-0.15, -0.1) is 0 Å². The van der Waals surface area contributed by atoms with Gasteiger partial charge in [0.25, 0.3) is 0 Å². The van der Waals surface area contributed by atoms with Crippen LogP contribution in [0.15, 0.2) is 82.9 Å². The lowest BCUT2D eigenvalue weighted by molar-refractivity contribution is -0.00712. The van der Waals surface area contributed by atoms with Gasteiger partial charge in [0.2, 0.25) is 5.88 Å². The highest BCUT2D eigenvalue weighted by atomic mass is 16.5. The van der Waals surface area contributed by atoms with Crippen molar-refractivity contribution in [1.82, 2.24) is 14.7 Å². The Kier molecular flexibility index (Phi) is 14.1. The van der Waals surface area contributed by atoms with Crippen molar-refractivity contribution in [2.45, 2.75) is 99.0 Å². The van der Waals surface area contributed by atoms with Crippen LogP contribution in [0, 0.1) is 5.92 Å². The van der Waals surface area contributed by atoms with Gasteiger partial charge in [0.05, 0.1) is 24.5 Å². The highest BCUT2D eigenvalue weighted by Gasteiger charge is 2.21. The second-order valence-corrected chi connectivity index (χ2v) is 13.4. The van der Waals surface area contributed by atoms with Crippen LogP contribution in [0.5, 0.6) is 5.88 Å².